The molecule has 0 amide bonds. The Labute approximate surface area is 150 Å². The van der Waals surface area contributed by atoms with Crippen LogP contribution in [0.2, 0.25) is 0 Å². The average molecular weight is 346 g/mol. The van der Waals surface area contributed by atoms with Crippen LogP contribution in [-0.2, 0) is 19.1 Å². The maximum absolute atomic E-state index is 13.1. The molecule has 0 bridgehead atoms. The molecule has 0 spiro atoms. The summed E-state index contributed by atoms with van der Waals surface area (Å²) in [4.78, 5) is 36.9. The lowest BCUT2D eigenvalue weighted by atomic mass is 9.45. The third-order valence-corrected chi connectivity index (χ3v) is 8.46. The quantitative estimate of drug-likeness (QED) is 0.679. The molecule has 0 unspecified atom stereocenters. The Morgan fingerprint density at radius 3 is 2.56 bits per heavy atom. The topological polar surface area (TPSA) is 60.4 Å². The van der Waals surface area contributed by atoms with Gasteiger partial charge in [0.05, 0.1) is 0 Å². The molecule has 4 aliphatic rings. The Morgan fingerprint density at radius 1 is 1.08 bits per heavy atom. The van der Waals surface area contributed by atoms with Crippen molar-refractivity contribution < 1.29 is 19.1 Å². The minimum atomic E-state index is -0.255. The summed E-state index contributed by atoms with van der Waals surface area (Å²) < 4.78 is 5.46. The lowest BCUT2D eigenvalue weighted by Crippen LogP contribution is -2.57. The fraction of sp³-hybridized carbons (Fsp3) is 0.857. The van der Waals surface area contributed by atoms with Gasteiger partial charge in [0.25, 0.3) is 0 Å². The van der Waals surface area contributed by atoms with Crippen molar-refractivity contribution in [3.63, 3.8) is 0 Å². The van der Waals surface area contributed by atoms with E-state index in [1.54, 1.807) is 0 Å². The van der Waals surface area contributed by atoms with E-state index in [1.165, 1.54) is 6.92 Å². The smallest absolute Gasteiger partial charge is 0.302 e. The summed E-state index contributed by atoms with van der Waals surface area (Å²) in [5.41, 5.74) is -0.100. The van der Waals surface area contributed by atoms with Gasteiger partial charge in [0.1, 0.15) is 17.7 Å². The van der Waals surface area contributed by atoms with Crippen LogP contribution in [0.4, 0.5) is 0 Å². The van der Waals surface area contributed by atoms with E-state index in [1.807, 2.05) is 0 Å². The molecule has 7 atom stereocenters. The zero-order chi connectivity index (χ0) is 18.0. The van der Waals surface area contributed by atoms with E-state index in [4.69, 9.17) is 4.74 Å². The molecular weight excluding hydrogens is 316 g/mol. The SMILES string of the molecule is CC(=O)O[C@H]1CC[C@@]2(C)[C@@H](CC(=O)[C@H]3[C@H]2CC[C@]2(C)C(=O)CC[C@@H]32)C1. The predicted molar refractivity (Wildman–Crippen MR) is 92.7 cm³/mol. The van der Waals surface area contributed by atoms with E-state index < -0.39 is 0 Å². The number of carbonyl (C=O) groups is 3. The fourth-order valence-corrected chi connectivity index (χ4v) is 7.01. The summed E-state index contributed by atoms with van der Waals surface area (Å²) >= 11 is 0. The van der Waals surface area contributed by atoms with Crippen LogP contribution >= 0.6 is 0 Å². The molecule has 138 valence electrons. The maximum Gasteiger partial charge on any atom is 0.302 e. The minimum Gasteiger partial charge on any atom is -0.463 e. The number of fused-ring (bicyclic) bond motifs is 5. The molecule has 0 aliphatic heterocycles. The Hall–Kier alpha value is -1.19. The summed E-state index contributed by atoms with van der Waals surface area (Å²) in [7, 11) is 0. The molecule has 4 rings (SSSR count). The Bertz CT molecular complexity index is 625. The molecule has 0 N–H and O–H groups in total. The zero-order valence-corrected chi connectivity index (χ0v) is 15.7. The number of hydrogen-bond acceptors (Lipinski definition) is 4. The summed E-state index contributed by atoms with van der Waals surface area (Å²) in [5, 5.41) is 0. The molecule has 4 aliphatic carbocycles. The van der Waals surface area contributed by atoms with Gasteiger partial charge in [-0.1, -0.05) is 13.8 Å². The van der Waals surface area contributed by atoms with Gasteiger partial charge < -0.3 is 4.74 Å². The lowest BCUT2D eigenvalue weighted by molar-refractivity contribution is -0.166. The van der Waals surface area contributed by atoms with Crippen LogP contribution < -0.4 is 0 Å². The van der Waals surface area contributed by atoms with E-state index in [0.29, 0.717) is 36.2 Å². The highest BCUT2D eigenvalue weighted by Gasteiger charge is 2.62. The van der Waals surface area contributed by atoms with Gasteiger partial charge in [-0.05, 0) is 61.7 Å². The first-order valence-corrected chi connectivity index (χ1v) is 9.99. The van der Waals surface area contributed by atoms with E-state index in [9.17, 15) is 14.4 Å². The van der Waals surface area contributed by atoms with E-state index in [2.05, 4.69) is 13.8 Å². The van der Waals surface area contributed by atoms with Crippen molar-refractivity contribution >= 4 is 17.5 Å². The highest BCUT2D eigenvalue weighted by molar-refractivity contribution is 5.90. The molecule has 0 radical (unpaired) electrons. The summed E-state index contributed by atoms with van der Waals surface area (Å²) in [6, 6.07) is 0. The van der Waals surface area contributed by atoms with Crippen molar-refractivity contribution in [2.75, 3.05) is 0 Å². The standard InChI is InChI=1S/C21H30O4/c1-12(22)25-14-6-8-20(2)13(10-14)11-17(23)19-15-4-5-18(24)21(15,3)9-7-16(19)20/h13-16,19H,4-11H2,1-3H3/t13-,14+,15+,16-,19-,20+,21+/m1/s1. The molecule has 0 saturated heterocycles. The van der Waals surface area contributed by atoms with Gasteiger partial charge in [-0.15, -0.1) is 0 Å². The van der Waals surface area contributed by atoms with Crippen molar-refractivity contribution in [3.8, 4) is 0 Å². The molecule has 4 saturated carbocycles. The second kappa shape index (κ2) is 5.65. The van der Waals surface area contributed by atoms with Crippen LogP contribution in [0.15, 0.2) is 0 Å². The molecule has 4 fully saturated rings. The summed E-state index contributed by atoms with van der Waals surface area (Å²) in [6.07, 6.45) is 6.85. The Morgan fingerprint density at radius 2 is 1.84 bits per heavy atom. The van der Waals surface area contributed by atoms with Crippen molar-refractivity contribution in [1.82, 2.24) is 0 Å². The number of hydrogen-bond donors (Lipinski definition) is 0. The van der Waals surface area contributed by atoms with Gasteiger partial charge in [0.2, 0.25) is 0 Å². The molecule has 0 heterocycles. The second-order valence-electron chi connectivity index (χ2n) is 9.54. The molecule has 4 nitrogen and oxygen atoms in total. The maximum atomic E-state index is 13.1. The van der Waals surface area contributed by atoms with Gasteiger partial charge in [-0.3, -0.25) is 14.4 Å². The van der Waals surface area contributed by atoms with Crippen LogP contribution in [0.3, 0.4) is 0 Å². The number of Topliss-reactive ketones (excluding diaryl/α,β-unsaturated/α-hetero) is 2. The summed E-state index contributed by atoms with van der Waals surface area (Å²) in [6.45, 7) is 5.95. The van der Waals surface area contributed by atoms with Crippen LogP contribution in [0.5, 0.6) is 0 Å². The number of ether oxygens (including phenoxy) is 1. The molecule has 0 aromatic rings. The van der Waals surface area contributed by atoms with Crippen LogP contribution in [0.1, 0.15) is 72.1 Å². The normalized spacial score (nSPS) is 49.2. The highest BCUT2D eigenvalue weighted by Crippen LogP contribution is 2.64. The number of ketones is 2. The third kappa shape index (κ3) is 2.43. The first-order valence-electron chi connectivity index (χ1n) is 9.99. The highest BCUT2D eigenvalue weighted by atomic mass is 16.5. The van der Waals surface area contributed by atoms with Crippen molar-refractivity contribution in [2.24, 2.45) is 34.5 Å². The minimum absolute atomic E-state index is 0.0261. The zero-order valence-electron chi connectivity index (χ0n) is 15.7. The number of rotatable bonds is 1. The first kappa shape index (κ1) is 17.2. The van der Waals surface area contributed by atoms with Crippen molar-refractivity contribution in [3.05, 3.63) is 0 Å². The number of esters is 1. The fourth-order valence-electron chi connectivity index (χ4n) is 7.01. The number of carbonyl (C=O) groups excluding carboxylic acids is 3. The van der Waals surface area contributed by atoms with Gasteiger partial charge >= 0.3 is 5.97 Å². The molecular formula is C21H30O4. The monoisotopic (exact) mass is 346 g/mol. The van der Waals surface area contributed by atoms with Crippen LogP contribution in [-0.4, -0.2) is 23.6 Å². The average Bonchev–Trinajstić information content (AvgIpc) is 2.84. The van der Waals surface area contributed by atoms with Crippen molar-refractivity contribution in [2.45, 2.75) is 78.2 Å². The Balaban J connectivity index is 1.60. The molecule has 4 heteroatoms. The second-order valence-corrected chi connectivity index (χ2v) is 9.54. The molecule has 25 heavy (non-hydrogen) atoms. The third-order valence-electron chi connectivity index (χ3n) is 8.46. The van der Waals surface area contributed by atoms with Gasteiger partial charge in [-0.25, -0.2) is 0 Å². The van der Waals surface area contributed by atoms with E-state index >= 15 is 0 Å². The van der Waals surface area contributed by atoms with Crippen molar-refractivity contribution in [1.29, 1.82) is 0 Å². The van der Waals surface area contributed by atoms with Gasteiger partial charge in [0.15, 0.2) is 0 Å². The Kier molecular flexibility index (Phi) is 3.90. The van der Waals surface area contributed by atoms with E-state index in [0.717, 1.165) is 38.5 Å². The molecule has 0 aromatic carbocycles. The first-order chi connectivity index (χ1) is 11.8. The van der Waals surface area contributed by atoms with Crippen LogP contribution in [0, 0.1) is 34.5 Å². The lowest BCUT2D eigenvalue weighted by Gasteiger charge is -2.59. The van der Waals surface area contributed by atoms with Gasteiger partial charge in [-0.2, -0.15) is 0 Å². The van der Waals surface area contributed by atoms with Crippen LogP contribution in [0.25, 0.3) is 0 Å². The summed E-state index contributed by atoms with van der Waals surface area (Å²) in [5.74, 6) is 1.61. The van der Waals surface area contributed by atoms with E-state index in [-0.39, 0.29) is 34.7 Å². The predicted octanol–water partition coefficient (Wildman–Crippen LogP) is 3.71. The molecule has 0 aromatic heterocycles. The largest absolute Gasteiger partial charge is 0.463 e. The van der Waals surface area contributed by atoms with Gasteiger partial charge in [0, 0.05) is 31.1 Å².